The van der Waals surface area contributed by atoms with Gasteiger partial charge in [-0.25, -0.2) is 0 Å². The normalized spacial score (nSPS) is 13.6. The van der Waals surface area contributed by atoms with Crippen LogP contribution in [-0.2, 0) is 25.7 Å². The van der Waals surface area contributed by atoms with E-state index in [1.165, 1.54) is 30.2 Å². The van der Waals surface area contributed by atoms with Crippen LogP contribution in [0.5, 0.6) is 11.5 Å². The van der Waals surface area contributed by atoms with E-state index >= 15 is 0 Å². The minimum atomic E-state index is -2.98. The number of carbonyl (C=O) groups is 3. The molecule has 1 aromatic rings. The van der Waals surface area contributed by atoms with Gasteiger partial charge in [0.05, 0.1) is 7.11 Å². The predicted molar refractivity (Wildman–Crippen MR) is 88.2 cm³/mol. The number of esters is 1. The van der Waals surface area contributed by atoms with E-state index in [2.05, 4.69) is 10.1 Å². The van der Waals surface area contributed by atoms with E-state index in [0.717, 1.165) is 0 Å². The average molecular weight is 386 g/mol. The number of carbonyl (C=O) groups excluding carboxylic acids is 3. The van der Waals surface area contributed by atoms with Crippen molar-refractivity contribution < 1.29 is 37.4 Å². The number of rotatable bonds is 9. The standard InChI is InChI=1S/C17H20F2N2O6/c1-25-13-7-11(4-5-12(13)27-17(18)19)8-20-14(22)10-26-16(24)9-21-6-2-3-15(21)23/h4-5,7,17H,2-3,6,8-10H2,1H3,(H,20,22). The van der Waals surface area contributed by atoms with Crippen molar-refractivity contribution in [3.8, 4) is 11.5 Å². The van der Waals surface area contributed by atoms with E-state index in [0.29, 0.717) is 24.9 Å². The Balaban J connectivity index is 1.76. The van der Waals surface area contributed by atoms with Crippen molar-refractivity contribution in [2.45, 2.75) is 26.0 Å². The van der Waals surface area contributed by atoms with E-state index in [1.807, 2.05) is 0 Å². The lowest BCUT2D eigenvalue weighted by molar-refractivity contribution is -0.151. The zero-order valence-corrected chi connectivity index (χ0v) is 14.7. The molecule has 8 nitrogen and oxygen atoms in total. The van der Waals surface area contributed by atoms with Crippen molar-refractivity contribution in [2.24, 2.45) is 0 Å². The van der Waals surface area contributed by atoms with E-state index in [4.69, 9.17) is 9.47 Å². The number of halogens is 2. The molecule has 1 N–H and O–H groups in total. The minimum absolute atomic E-state index is 0.0757. The number of nitrogens with one attached hydrogen (secondary N) is 1. The van der Waals surface area contributed by atoms with Gasteiger partial charge in [0.1, 0.15) is 6.54 Å². The number of alkyl halides is 2. The second-order valence-corrected chi connectivity index (χ2v) is 5.72. The highest BCUT2D eigenvalue weighted by Crippen LogP contribution is 2.29. The zero-order chi connectivity index (χ0) is 19.8. The van der Waals surface area contributed by atoms with Crippen LogP contribution in [0, 0.1) is 0 Å². The Kier molecular flexibility index (Phi) is 7.33. The molecule has 1 aliphatic rings. The van der Waals surface area contributed by atoms with Crippen LogP contribution in [0.2, 0.25) is 0 Å². The molecule has 1 aliphatic heterocycles. The van der Waals surface area contributed by atoms with Crippen molar-refractivity contribution >= 4 is 17.8 Å². The van der Waals surface area contributed by atoms with Crippen LogP contribution in [0.15, 0.2) is 18.2 Å². The van der Waals surface area contributed by atoms with Crippen molar-refractivity contribution in [2.75, 3.05) is 26.8 Å². The maximum Gasteiger partial charge on any atom is 0.387 e. The molecule has 0 atom stereocenters. The highest BCUT2D eigenvalue weighted by Gasteiger charge is 2.23. The van der Waals surface area contributed by atoms with Gasteiger partial charge in [-0.15, -0.1) is 0 Å². The van der Waals surface area contributed by atoms with Gasteiger partial charge in [-0.1, -0.05) is 6.07 Å². The van der Waals surface area contributed by atoms with Gasteiger partial charge in [-0.05, 0) is 24.1 Å². The molecule has 148 valence electrons. The second-order valence-electron chi connectivity index (χ2n) is 5.72. The Morgan fingerprint density at radius 3 is 2.70 bits per heavy atom. The van der Waals surface area contributed by atoms with Gasteiger partial charge >= 0.3 is 12.6 Å². The van der Waals surface area contributed by atoms with Crippen molar-refractivity contribution in [3.05, 3.63) is 23.8 Å². The van der Waals surface area contributed by atoms with Crippen LogP contribution in [-0.4, -0.2) is 56.1 Å². The molecular formula is C17H20F2N2O6. The number of nitrogens with zero attached hydrogens (tertiary/aromatic N) is 1. The topological polar surface area (TPSA) is 94.2 Å². The fourth-order valence-corrected chi connectivity index (χ4v) is 2.49. The molecular weight excluding hydrogens is 366 g/mol. The van der Waals surface area contributed by atoms with Crippen LogP contribution in [0.1, 0.15) is 18.4 Å². The maximum absolute atomic E-state index is 12.3. The fraction of sp³-hybridized carbons (Fsp3) is 0.471. The monoisotopic (exact) mass is 386 g/mol. The molecule has 0 spiro atoms. The van der Waals surface area contributed by atoms with Crippen LogP contribution >= 0.6 is 0 Å². The Labute approximate surface area is 154 Å². The first-order valence-electron chi connectivity index (χ1n) is 8.21. The summed E-state index contributed by atoms with van der Waals surface area (Å²) < 4.78 is 38.7. The molecule has 1 saturated heterocycles. The van der Waals surface area contributed by atoms with Crippen molar-refractivity contribution in [1.82, 2.24) is 10.2 Å². The quantitative estimate of drug-likeness (QED) is 0.639. The summed E-state index contributed by atoms with van der Waals surface area (Å²) in [4.78, 5) is 36.2. The predicted octanol–water partition coefficient (Wildman–Crippen LogP) is 1.08. The van der Waals surface area contributed by atoms with Crippen molar-refractivity contribution in [1.29, 1.82) is 0 Å². The number of likely N-dealkylation sites (tertiary alicyclic amines) is 1. The summed E-state index contributed by atoms with van der Waals surface area (Å²) in [5.74, 6) is -1.32. The van der Waals surface area contributed by atoms with Gasteiger partial charge in [0, 0.05) is 19.5 Å². The Bertz CT molecular complexity index is 698. The third-order valence-electron chi connectivity index (χ3n) is 3.79. The summed E-state index contributed by atoms with van der Waals surface area (Å²) in [6.07, 6.45) is 1.12. The molecule has 1 fully saturated rings. The summed E-state index contributed by atoms with van der Waals surface area (Å²) >= 11 is 0. The lowest BCUT2D eigenvalue weighted by Crippen LogP contribution is -2.34. The van der Waals surface area contributed by atoms with E-state index in [1.54, 1.807) is 0 Å². The molecule has 0 aliphatic carbocycles. The van der Waals surface area contributed by atoms with Gasteiger partial charge in [0.2, 0.25) is 5.91 Å². The van der Waals surface area contributed by atoms with Crippen LogP contribution in [0.3, 0.4) is 0 Å². The first kappa shape index (κ1) is 20.4. The van der Waals surface area contributed by atoms with E-state index in [9.17, 15) is 23.2 Å². The average Bonchev–Trinajstić information content (AvgIpc) is 3.03. The van der Waals surface area contributed by atoms with Crippen LogP contribution in [0.25, 0.3) is 0 Å². The number of ether oxygens (including phenoxy) is 3. The third kappa shape index (κ3) is 6.39. The molecule has 0 bridgehead atoms. The molecule has 27 heavy (non-hydrogen) atoms. The van der Waals surface area contributed by atoms with E-state index in [-0.39, 0.29) is 30.5 Å². The van der Waals surface area contributed by atoms with Gasteiger partial charge in [0.15, 0.2) is 18.1 Å². The Morgan fingerprint density at radius 2 is 2.07 bits per heavy atom. The number of hydrogen-bond donors (Lipinski definition) is 1. The molecule has 1 heterocycles. The molecule has 1 aromatic carbocycles. The van der Waals surface area contributed by atoms with Gasteiger partial charge in [0.25, 0.3) is 5.91 Å². The Hall–Kier alpha value is -2.91. The lowest BCUT2D eigenvalue weighted by Gasteiger charge is -2.14. The van der Waals surface area contributed by atoms with Crippen LogP contribution < -0.4 is 14.8 Å². The number of hydrogen-bond acceptors (Lipinski definition) is 6. The molecule has 2 rings (SSSR count). The smallest absolute Gasteiger partial charge is 0.387 e. The largest absolute Gasteiger partial charge is 0.493 e. The minimum Gasteiger partial charge on any atom is -0.493 e. The molecule has 10 heteroatoms. The van der Waals surface area contributed by atoms with Gasteiger partial charge in [-0.2, -0.15) is 8.78 Å². The highest BCUT2D eigenvalue weighted by molar-refractivity contribution is 5.85. The molecule has 0 unspecified atom stereocenters. The highest BCUT2D eigenvalue weighted by atomic mass is 19.3. The fourth-order valence-electron chi connectivity index (χ4n) is 2.49. The summed E-state index contributed by atoms with van der Waals surface area (Å²) in [5, 5.41) is 2.53. The summed E-state index contributed by atoms with van der Waals surface area (Å²) in [7, 11) is 1.31. The maximum atomic E-state index is 12.3. The van der Waals surface area contributed by atoms with Gasteiger partial charge in [-0.3, -0.25) is 14.4 Å². The van der Waals surface area contributed by atoms with Gasteiger partial charge < -0.3 is 24.4 Å². The van der Waals surface area contributed by atoms with Crippen molar-refractivity contribution in [3.63, 3.8) is 0 Å². The zero-order valence-electron chi connectivity index (χ0n) is 14.7. The van der Waals surface area contributed by atoms with E-state index < -0.39 is 25.1 Å². The third-order valence-corrected chi connectivity index (χ3v) is 3.79. The number of benzene rings is 1. The SMILES string of the molecule is COc1cc(CNC(=O)COC(=O)CN2CCCC2=O)ccc1OC(F)F. The number of methoxy groups -OCH3 is 1. The Morgan fingerprint density at radius 1 is 1.30 bits per heavy atom. The first-order chi connectivity index (χ1) is 12.9. The molecule has 0 radical (unpaired) electrons. The summed E-state index contributed by atoms with van der Waals surface area (Å²) in [5.41, 5.74) is 0.579. The molecule has 0 aromatic heterocycles. The molecule has 0 saturated carbocycles. The van der Waals surface area contributed by atoms with Crippen LogP contribution in [0.4, 0.5) is 8.78 Å². The second kappa shape index (κ2) is 9.70. The lowest BCUT2D eigenvalue weighted by atomic mass is 10.2. The summed E-state index contributed by atoms with van der Waals surface area (Å²) in [6, 6.07) is 4.24. The number of amides is 2. The summed E-state index contributed by atoms with van der Waals surface area (Å²) in [6.45, 7) is -3.05. The first-order valence-corrected chi connectivity index (χ1v) is 8.21. The molecule has 2 amide bonds.